The molecule has 5 heteroatoms. The van der Waals surface area contributed by atoms with Crippen LogP contribution in [-0.4, -0.2) is 30.5 Å². The van der Waals surface area contributed by atoms with E-state index in [0.717, 1.165) is 32.0 Å². The second-order valence-corrected chi connectivity index (χ2v) is 7.03. The summed E-state index contributed by atoms with van der Waals surface area (Å²) in [6.07, 6.45) is 2.40. The zero-order valence-electron chi connectivity index (χ0n) is 13.1. The molecule has 1 aromatic heterocycles. The number of amides is 1. The van der Waals surface area contributed by atoms with E-state index in [9.17, 15) is 4.79 Å². The Hall–Kier alpha value is -1.85. The van der Waals surface area contributed by atoms with Gasteiger partial charge in [0, 0.05) is 29.3 Å². The number of carbonyl (C=O) groups is 1. The number of benzene rings is 1. The Labute approximate surface area is 140 Å². The Morgan fingerprint density at radius 2 is 2.17 bits per heavy atom. The normalized spacial score (nSPS) is 18.7. The van der Waals surface area contributed by atoms with Gasteiger partial charge in [-0.15, -0.1) is 11.3 Å². The Bertz CT molecular complexity index is 641. The van der Waals surface area contributed by atoms with Gasteiger partial charge in [-0.2, -0.15) is 0 Å². The molecule has 0 unspecified atom stereocenters. The fraction of sp³-hybridized carbons (Fsp3) is 0.389. The summed E-state index contributed by atoms with van der Waals surface area (Å²) < 4.78 is 5.89. The van der Waals surface area contributed by atoms with E-state index in [-0.39, 0.29) is 5.91 Å². The molecule has 2 N–H and O–H groups in total. The van der Waals surface area contributed by atoms with Crippen LogP contribution in [0.25, 0.3) is 0 Å². The van der Waals surface area contributed by atoms with Crippen LogP contribution in [0, 0.1) is 5.92 Å². The zero-order valence-corrected chi connectivity index (χ0v) is 13.9. The average Bonchev–Trinajstić information content (AvgIpc) is 3.03. The smallest absolute Gasteiger partial charge is 0.249 e. The summed E-state index contributed by atoms with van der Waals surface area (Å²) in [5, 5.41) is 1.84. The highest BCUT2D eigenvalue weighted by molar-refractivity contribution is 7.10. The van der Waals surface area contributed by atoms with Gasteiger partial charge < -0.3 is 10.5 Å². The fourth-order valence-corrected chi connectivity index (χ4v) is 3.89. The van der Waals surface area contributed by atoms with Gasteiger partial charge in [0.1, 0.15) is 5.75 Å². The number of nitrogens with two attached hydrogens (primary N) is 1. The van der Waals surface area contributed by atoms with Gasteiger partial charge in [-0.1, -0.05) is 18.2 Å². The van der Waals surface area contributed by atoms with Gasteiger partial charge in [0.05, 0.1) is 12.2 Å². The Morgan fingerprint density at radius 1 is 1.35 bits per heavy atom. The van der Waals surface area contributed by atoms with E-state index < -0.39 is 0 Å². The predicted octanol–water partition coefficient (Wildman–Crippen LogP) is 3.14. The minimum absolute atomic E-state index is 0.347. The summed E-state index contributed by atoms with van der Waals surface area (Å²) in [6, 6.07) is 11.9. The van der Waals surface area contributed by atoms with Crippen LogP contribution in [0.2, 0.25) is 0 Å². The predicted molar refractivity (Wildman–Crippen MR) is 92.8 cm³/mol. The minimum Gasteiger partial charge on any atom is -0.493 e. The summed E-state index contributed by atoms with van der Waals surface area (Å²) in [7, 11) is 0. The lowest BCUT2D eigenvalue weighted by atomic mass is 9.99. The number of thiophene rings is 1. The maximum absolute atomic E-state index is 11.2. The highest BCUT2D eigenvalue weighted by Crippen LogP contribution is 2.22. The standard InChI is InChI=1S/C18H22N2O2S/c19-18(21)15-9-17(23-13-15)11-20-8-4-5-14(10-20)12-22-16-6-2-1-3-7-16/h1-3,6-7,9,13-14H,4-5,8,10-12H2,(H2,19,21)/t14-/m0/s1. The first kappa shape index (κ1) is 16.0. The van der Waals surface area contributed by atoms with E-state index in [2.05, 4.69) is 4.90 Å². The zero-order chi connectivity index (χ0) is 16.1. The molecular weight excluding hydrogens is 308 g/mol. The van der Waals surface area contributed by atoms with Crippen LogP contribution in [0.3, 0.4) is 0 Å². The van der Waals surface area contributed by atoms with Crippen molar-refractivity contribution in [2.24, 2.45) is 11.7 Å². The molecule has 1 atom stereocenters. The van der Waals surface area contributed by atoms with Crippen molar-refractivity contribution >= 4 is 17.2 Å². The van der Waals surface area contributed by atoms with Crippen molar-refractivity contribution in [3.63, 3.8) is 0 Å². The molecule has 1 fully saturated rings. The monoisotopic (exact) mass is 330 g/mol. The molecule has 3 rings (SSSR count). The van der Waals surface area contributed by atoms with Crippen molar-refractivity contribution in [2.75, 3.05) is 19.7 Å². The third-order valence-electron chi connectivity index (χ3n) is 4.15. The van der Waals surface area contributed by atoms with Gasteiger partial charge in [0.2, 0.25) is 5.91 Å². The lowest BCUT2D eigenvalue weighted by Crippen LogP contribution is -2.37. The van der Waals surface area contributed by atoms with Gasteiger partial charge in [-0.3, -0.25) is 9.69 Å². The Morgan fingerprint density at radius 3 is 2.91 bits per heavy atom. The molecule has 122 valence electrons. The first-order chi connectivity index (χ1) is 11.2. The molecule has 4 nitrogen and oxygen atoms in total. The molecule has 0 radical (unpaired) electrons. The third-order valence-corrected chi connectivity index (χ3v) is 5.07. The first-order valence-corrected chi connectivity index (χ1v) is 8.86. The molecule has 2 aromatic rings. The lowest BCUT2D eigenvalue weighted by Gasteiger charge is -2.32. The van der Waals surface area contributed by atoms with Crippen molar-refractivity contribution in [2.45, 2.75) is 19.4 Å². The summed E-state index contributed by atoms with van der Waals surface area (Å²) in [6.45, 7) is 3.79. The molecule has 1 aromatic carbocycles. The van der Waals surface area contributed by atoms with Gasteiger partial charge in [-0.25, -0.2) is 0 Å². The van der Waals surface area contributed by atoms with Crippen LogP contribution in [0.15, 0.2) is 41.8 Å². The highest BCUT2D eigenvalue weighted by atomic mass is 32.1. The van der Waals surface area contributed by atoms with Crippen molar-refractivity contribution in [1.29, 1.82) is 0 Å². The van der Waals surface area contributed by atoms with Gasteiger partial charge >= 0.3 is 0 Å². The molecule has 0 aliphatic carbocycles. The maximum atomic E-state index is 11.2. The van der Waals surface area contributed by atoms with Crippen LogP contribution in [0.5, 0.6) is 5.75 Å². The van der Waals surface area contributed by atoms with Crippen molar-refractivity contribution in [3.8, 4) is 5.75 Å². The van der Waals surface area contributed by atoms with Gasteiger partial charge in [0.25, 0.3) is 0 Å². The first-order valence-electron chi connectivity index (χ1n) is 7.98. The second kappa shape index (κ2) is 7.62. The maximum Gasteiger partial charge on any atom is 0.249 e. The Kier molecular flexibility index (Phi) is 5.31. The molecule has 0 bridgehead atoms. The SMILES string of the molecule is NC(=O)c1csc(CN2CCC[C@H](COc3ccccc3)C2)c1. The molecule has 1 aliphatic heterocycles. The van der Waals surface area contributed by atoms with Crippen LogP contribution < -0.4 is 10.5 Å². The minimum atomic E-state index is -0.347. The molecular formula is C18H22N2O2S. The molecule has 0 saturated carbocycles. The number of primary amides is 1. The number of carbonyl (C=O) groups excluding carboxylic acids is 1. The van der Waals surface area contributed by atoms with E-state index in [1.54, 1.807) is 11.3 Å². The van der Waals surface area contributed by atoms with E-state index in [0.29, 0.717) is 11.5 Å². The summed E-state index contributed by atoms with van der Waals surface area (Å²) >= 11 is 1.61. The van der Waals surface area contributed by atoms with Gasteiger partial charge in [0.15, 0.2) is 0 Å². The number of rotatable bonds is 6. The van der Waals surface area contributed by atoms with Crippen LogP contribution in [-0.2, 0) is 6.54 Å². The molecule has 23 heavy (non-hydrogen) atoms. The number of piperidine rings is 1. The van der Waals surface area contributed by atoms with Crippen molar-refractivity contribution in [3.05, 3.63) is 52.2 Å². The van der Waals surface area contributed by atoms with Crippen LogP contribution in [0.4, 0.5) is 0 Å². The molecule has 1 saturated heterocycles. The average molecular weight is 330 g/mol. The second-order valence-electron chi connectivity index (χ2n) is 6.03. The number of nitrogens with zero attached hydrogens (tertiary/aromatic N) is 1. The summed E-state index contributed by atoms with van der Waals surface area (Å²) in [5.41, 5.74) is 5.93. The quantitative estimate of drug-likeness (QED) is 0.885. The number of hydrogen-bond donors (Lipinski definition) is 1. The van der Waals surface area contributed by atoms with Crippen LogP contribution in [0.1, 0.15) is 28.1 Å². The molecule has 1 amide bonds. The molecule has 1 aliphatic rings. The van der Waals surface area contributed by atoms with Crippen molar-refractivity contribution in [1.82, 2.24) is 4.90 Å². The van der Waals surface area contributed by atoms with E-state index in [1.165, 1.54) is 17.7 Å². The largest absolute Gasteiger partial charge is 0.493 e. The number of hydrogen-bond acceptors (Lipinski definition) is 4. The lowest BCUT2D eigenvalue weighted by molar-refractivity contribution is 0.100. The number of likely N-dealkylation sites (tertiary alicyclic amines) is 1. The topological polar surface area (TPSA) is 55.6 Å². The summed E-state index contributed by atoms with van der Waals surface area (Å²) in [4.78, 5) is 14.8. The number of para-hydroxylation sites is 1. The fourth-order valence-electron chi connectivity index (χ4n) is 2.97. The highest BCUT2D eigenvalue weighted by Gasteiger charge is 2.21. The molecule has 2 heterocycles. The van der Waals surface area contributed by atoms with E-state index >= 15 is 0 Å². The Balaban J connectivity index is 1.50. The van der Waals surface area contributed by atoms with Crippen LogP contribution >= 0.6 is 11.3 Å². The summed E-state index contributed by atoms with van der Waals surface area (Å²) in [5.74, 6) is 1.15. The van der Waals surface area contributed by atoms with E-state index in [4.69, 9.17) is 10.5 Å². The molecule has 0 spiro atoms. The van der Waals surface area contributed by atoms with Crippen molar-refractivity contribution < 1.29 is 9.53 Å². The van der Waals surface area contributed by atoms with Gasteiger partial charge in [-0.05, 0) is 37.6 Å². The third kappa shape index (κ3) is 4.56. The van der Waals surface area contributed by atoms with E-state index in [1.807, 2.05) is 41.8 Å². The number of ether oxygens (including phenoxy) is 1.